The Kier molecular flexibility index (Phi) is 2.71. The highest BCUT2D eigenvalue weighted by molar-refractivity contribution is 5.03. The summed E-state index contributed by atoms with van der Waals surface area (Å²) < 4.78 is 5.14. The van der Waals surface area contributed by atoms with Crippen LogP contribution in [-0.2, 0) is 4.74 Å². The van der Waals surface area contributed by atoms with Crippen LogP contribution in [0.3, 0.4) is 0 Å². The van der Waals surface area contributed by atoms with Gasteiger partial charge in [-0.1, -0.05) is 0 Å². The second-order valence-electron chi connectivity index (χ2n) is 2.33. The van der Waals surface area contributed by atoms with Crippen LogP contribution in [0.4, 0.5) is 0 Å². The molecule has 2 N–H and O–H groups in total. The molecule has 1 rings (SSSR count). The molecule has 1 unspecified atom stereocenters. The molecule has 0 heterocycles. The fourth-order valence-corrected chi connectivity index (χ4v) is 1.01. The van der Waals surface area contributed by atoms with E-state index < -0.39 is 0 Å². The molecule has 58 valence electrons. The summed E-state index contributed by atoms with van der Waals surface area (Å²) in [5.41, 5.74) is 0. The van der Waals surface area contributed by atoms with E-state index in [1.54, 1.807) is 6.08 Å². The zero-order valence-corrected chi connectivity index (χ0v) is 5.79. The average Bonchev–Trinajstić information content (AvgIpc) is 2.31. The maximum absolute atomic E-state index is 8.92. The quantitative estimate of drug-likeness (QED) is 0.609. The molecular formula is C7H12O3. The molecule has 0 spiro atoms. The van der Waals surface area contributed by atoms with E-state index in [1.165, 1.54) is 0 Å². The Balaban J connectivity index is 2.18. The normalized spacial score (nSPS) is 24.9. The molecule has 10 heavy (non-hydrogen) atoms. The molecule has 0 aliphatic heterocycles. The molecule has 1 aliphatic rings. The second kappa shape index (κ2) is 3.58. The van der Waals surface area contributed by atoms with E-state index >= 15 is 0 Å². The molecule has 0 radical (unpaired) electrons. The fraction of sp³-hybridized carbons (Fsp3) is 0.714. The first kappa shape index (κ1) is 7.57. The zero-order chi connectivity index (χ0) is 7.40. The fourth-order valence-electron chi connectivity index (χ4n) is 1.01. The standard InChI is InChI=1S/C7H12O3/c8-3-4-10-7-2-1-6(9)5-7/h5,7-9H,1-4H2. The summed E-state index contributed by atoms with van der Waals surface area (Å²) in [6.45, 7) is 0.402. The minimum Gasteiger partial charge on any atom is -0.513 e. The van der Waals surface area contributed by atoms with Crippen molar-refractivity contribution < 1.29 is 14.9 Å². The van der Waals surface area contributed by atoms with Crippen LogP contribution < -0.4 is 0 Å². The summed E-state index contributed by atoms with van der Waals surface area (Å²) >= 11 is 0. The summed E-state index contributed by atoms with van der Waals surface area (Å²) in [5.74, 6) is 0.405. The van der Waals surface area contributed by atoms with Crippen molar-refractivity contribution in [1.82, 2.24) is 0 Å². The van der Waals surface area contributed by atoms with Crippen molar-refractivity contribution in [2.45, 2.75) is 18.9 Å². The highest BCUT2D eigenvalue weighted by atomic mass is 16.5. The maximum Gasteiger partial charge on any atom is 0.0909 e. The molecule has 3 heteroatoms. The van der Waals surface area contributed by atoms with Gasteiger partial charge in [0.2, 0.25) is 0 Å². The van der Waals surface area contributed by atoms with Crippen LogP contribution in [0.15, 0.2) is 11.8 Å². The van der Waals surface area contributed by atoms with Crippen molar-refractivity contribution >= 4 is 0 Å². The first-order valence-electron chi connectivity index (χ1n) is 3.45. The SMILES string of the molecule is OCCOC1C=C(O)CC1. The van der Waals surface area contributed by atoms with Crippen LogP contribution >= 0.6 is 0 Å². The Bertz CT molecular complexity index is 131. The number of aliphatic hydroxyl groups is 2. The first-order chi connectivity index (χ1) is 4.83. The molecule has 0 saturated heterocycles. The van der Waals surface area contributed by atoms with E-state index in [0.29, 0.717) is 18.8 Å². The van der Waals surface area contributed by atoms with E-state index in [9.17, 15) is 0 Å². The number of hydrogen-bond acceptors (Lipinski definition) is 3. The monoisotopic (exact) mass is 144 g/mol. The molecule has 0 aromatic heterocycles. The summed E-state index contributed by atoms with van der Waals surface area (Å²) in [7, 11) is 0. The number of allylic oxidation sites excluding steroid dienone is 1. The molecule has 0 amide bonds. The second-order valence-corrected chi connectivity index (χ2v) is 2.33. The first-order valence-corrected chi connectivity index (χ1v) is 3.45. The third-order valence-corrected chi connectivity index (χ3v) is 1.49. The lowest BCUT2D eigenvalue weighted by Gasteiger charge is -2.05. The lowest BCUT2D eigenvalue weighted by molar-refractivity contribution is 0.0548. The Labute approximate surface area is 59.9 Å². The van der Waals surface area contributed by atoms with Gasteiger partial charge in [0.05, 0.1) is 25.1 Å². The maximum atomic E-state index is 8.92. The van der Waals surface area contributed by atoms with Gasteiger partial charge in [0.1, 0.15) is 0 Å². The zero-order valence-electron chi connectivity index (χ0n) is 5.79. The predicted octanol–water partition coefficient (Wildman–Crippen LogP) is 0.600. The number of ether oxygens (including phenoxy) is 1. The van der Waals surface area contributed by atoms with Gasteiger partial charge in [-0.3, -0.25) is 0 Å². The smallest absolute Gasteiger partial charge is 0.0909 e. The van der Waals surface area contributed by atoms with Crippen LogP contribution in [0.5, 0.6) is 0 Å². The van der Waals surface area contributed by atoms with Gasteiger partial charge in [-0.25, -0.2) is 0 Å². The van der Waals surface area contributed by atoms with Gasteiger partial charge in [0, 0.05) is 6.42 Å². The van der Waals surface area contributed by atoms with Gasteiger partial charge < -0.3 is 14.9 Å². The van der Waals surface area contributed by atoms with Crippen molar-refractivity contribution in [1.29, 1.82) is 0 Å². The van der Waals surface area contributed by atoms with Crippen molar-refractivity contribution in [2.75, 3.05) is 13.2 Å². The largest absolute Gasteiger partial charge is 0.513 e. The van der Waals surface area contributed by atoms with Gasteiger partial charge in [0.25, 0.3) is 0 Å². The van der Waals surface area contributed by atoms with E-state index in [-0.39, 0.29) is 12.7 Å². The van der Waals surface area contributed by atoms with Gasteiger partial charge in [-0.2, -0.15) is 0 Å². The minimum atomic E-state index is 0.0205. The number of rotatable bonds is 3. The van der Waals surface area contributed by atoms with Crippen molar-refractivity contribution in [3.8, 4) is 0 Å². The Morgan fingerprint density at radius 1 is 1.70 bits per heavy atom. The molecule has 0 saturated carbocycles. The minimum absolute atomic E-state index is 0.0205. The third kappa shape index (κ3) is 2.01. The molecule has 0 aromatic carbocycles. The average molecular weight is 144 g/mol. The Morgan fingerprint density at radius 2 is 2.50 bits per heavy atom. The molecule has 1 atom stereocenters. The summed E-state index contributed by atoms with van der Waals surface area (Å²) in [5, 5.41) is 17.3. The molecule has 0 fully saturated rings. The van der Waals surface area contributed by atoms with Crippen LogP contribution in [-0.4, -0.2) is 29.5 Å². The van der Waals surface area contributed by atoms with E-state index in [2.05, 4.69) is 0 Å². The van der Waals surface area contributed by atoms with Gasteiger partial charge in [-0.05, 0) is 12.5 Å². The van der Waals surface area contributed by atoms with Gasteiger partial charge in [0.15, 0.2) is 0 Å². The van der Waals surface area contributed by atoms with Crippen molar-refractivity contribution in [3.05, 3.63) is 11.8 Å². The van der Waals surface area contributed by atoms with Gasteiger partial charge >= 0.3 is 0 Å². The lowest BCUT2D eigenvalue weighted by Crippen LogP contribution is -2.09. The highest BCUT2D eigenvalue weighted by Gasteiger charge is 2.14. The molecule has 0 aromatic rings. The van der Waals surface area contributed by atoms with Crippen LogP contribution in [0, 0.1) is 0 Å². The molecule has 0 bridgehead atoms. The summed E-state index contributed by atoms with van der Waals surface area (Å²) in [4.78, 5) is 0. The van der Waals surface area contributed by atoms with Crippen LogP contribution in [0.25, 0.3) is 0 Å². The van der Waals surface area contributed by atoms with Crippen LogP contribution in [0.1, 0.15) is 12.8 Å². The Hall–Kier alpha value is -0.540. The number of aliphatic hydroxyl groups excluding tert-OH is 2. The third-order valence-electron chi connectivity index (χ3n) is 1.49. The van der Waals surface area contributed by atoms with E-state index in [0.717, 1.165) is 6.42 Å². The summed E-state index contributed by atoms with van der Waals surface area (Å²) in [6.07, 6.45) is 3.25. The Morgan fingerprint density at radius 3 is 3.00 bits per heavy atom. The van der Waals surface area contributed by atoms with Crippen LogP contribution in [0.2, 0.25) is 0 Å². The lowest BCUT2D eigenvalue weighted by atomic mass is 10.3. The highest BCUT2D eigenvalue weighted by Crippen LogP contribution is 2.17. The predicted molar refractivity (Wildman–Crippen MR) is 36.8 cm³/mol. The molecule has 3 nitrogen and oxygen atoms in total. The topological polar surface area (TPSA) is 49.7 Å². The van der Waals surface area contributed by atoms with E-state index in [4.69, 9.17) is 14.9 Å². The number of hydrogen-bond donors (Lipinski definition) is 2. The van der Waals surface area contributed by atoms with E-state index in [1.807, 2.05) is 0 Å². The molecular weight excluding hydrogens is 132 g/mol. The molecule has 1 aliphatic carbocycles. The summed E-state index contributed by atoms with van der Waals surface area (Å²) in [6, 6.07) is 0. The van der Waals surface area contributed by atoms with Crippen molar-refractivity contribution in [2.24, 2.45) is 0 Å². The van der Waals surface area contributed by atoms with Gasteiger partial charge in [-0.15, -0.1) is 0 Å². The van der Waals surface area contributed by atoms with Crippen molar-refractivity contribution in [3.63, 3.8) is 0 Å².